The number of aliphatic hydroxyl groups excluding tert-OH is 1. The summed E-state index contributed by atoms with van der Waals surface area (Å²) >= 11 is 0. The monoisotopic (exact) mass is 489 g/mol. The van der Waals surface area contributed by atoms with E-state index in [0.717, 1.165) is 23.2 Å². The van der Waals surface area contributed by atoms with E-state index in [2.05, 4.69) is 15.3 Å². The molecule has 2 aromatic carbocycles. The predicted molar refractivity (Wildman–Crippen MR) is 122 cm³/mol. The third-order valence-electron chi connectivity index (χ3n) is 5.66. The topological polar surface area (TPSA) is 96.5 Å². The highest BCUT2D eigenvalue weighted by atomic mass is 19.4. The fourth-order valence-corrected chi connectivity index (χ4v) is 3.84. The first-order chi connectivity index (χ1) is 16.8. The molecule has 0 aliphatic carbocycles. The Morgan fingerprint density at radius 2 is 1.94 bits per heavy atom. The van der Waals surface area contributed by atoms with Gasteiger partial charge in [0.1, 0.15) is 5.82 Å². The number of hydrogen-bond acceptors (Lipinski definition) is 5. The van der Waals surface area contributed by atoms with Crippen molar-refractivity contribution in [2.75, 3.05) is 13.2 Å². The second-order valence-corrected chi connectivity index (χ2v) is 8.23. The maximum atomic E-state index is 13.0. The molecule has 3 aromatic rings. The number of fused-ring (bicyclic) bond motifs is 1. The first-order valence-corrected chi connectivity index (χ1v) is 11.3. The van der Waals surface area contributed by atoms with Crippen molar-refractivity contribution in [3.8, 4) is 0 Å². The number of aromatic nitrogens is 2. The standard InChI is InChI=1S/C25H26F3N3O4/c26-25(27,28)18-9-7-16(8-10-18)17-13-21(35-23(14-17)34-12-4-3-11-32)24(33)29-15-22-30-19-5-1-2-6-20(19)31-22/h1-2,5-10,13,17,23,32H,3-4,11-12,14-15H2,(H,29,33)(H,30,31)/t17-,23+/m1/s1. The normalized spacial score (nSPS) is 18.2. The highest BCUT2D eigenvalue weighted by molar-refractivity contribution is 5.91. The van der Waals surface area contributed by atoms with E-state index >= 15 is 0 Å². The van der Waals surface area contributed by atoms with Gasteiger partial charge in [0.2, 0.25) is 6.29 Å². The van der Waals surface area contributed by atoms with Gasteiger partial charge in [0.25, 0.3) is 5.91 Å². The van der Waals surface area contributed by atoms with Crippen LogP contribution in [-0.4, -0.2) is 40.5 Å². The fraction of sp³-hybridized carbons (Fsp3) is 0.360. The Hall–Kier alpha value is -3.37. The highest BCUT2D eigenvalue weighted by Crippen LogP contribution is 2.34. The van der Waals surface area contributed by atoms with Crippen molar-refractivity contribution in [2.45, 2.75) is 44.2 Å². The number of aliphatic hydroxyl groups is 1. The predicted octanol–water partition coefficient (Wildman–Crippen LogP) is 4.40. The third kappa shape index (κ3) is 6.40. The molecule has 4 rings (SSSR count). The fourth-order valence-electron chi connectivity index (χ4n) is 3.84. The largest absolute Gasteiger partial charge is 0.459 e. The van der Waals surface area contributed by atoms with Gasteiger partial charge in [-0.25, -0.2) is 4.98 Å². The number of nitrogens with zero attached hydrogens (tertiary/aromatic N) is 1. The van der Waals surface area contributed by atoms with Crippen LogP contribution in [0.2, 0.25) is 0 Å². The van der Waals surface area contributed by atoms with Gasteiger partial charge in [0.15, 0.2) is 5.76 Å². The van der Waals surface area contributed by atoms with Crippen LogP contribution < -0.4 is 5.32 Å². The minimum atomic E-state index is -4.43. The summed E-state index contributed by atoms with van der Waals surface area (Å²) < 4.78 is 50.4. The molecule has 1 amide bonds. The van der Waals surface area contributed by atoms with Crippen LogP contribution in [0.3, 0.4) is 0 Å². The second kappa shape index (κ2) is 10.9. The summed E-state index contributed by atoms with van der Waals surface area (Å²) in [6.45, 7) is 0.498. The van der Waals surface area contributed by atoms with E-state index < -0.39 is 23.9 Å². The number of para-hydroxylation sites is 2. The second-order valence-electron chi connectivity index (χ2n) is 8.23. The average molecular weight is 489 g/mol. The van der Waals surface area contributed by atoms with E-state index in [-0.39, 0.29) is 24.8 Å². The zero-order valence-corrected chi connectivity index (χ0v) is 18.8. The Labute approximate surface area is 200 Å². The van der Waals surface area contributed by atoms with E-state index in [1.807, 2.05) is 24.3 Å². The molecule has 1 aromatic heterocycles. The number of hydrogen-bond donors (Lipinski definition) is 3. The summed E-state index contributed by atoms with van der Waals surface area (Å²) in [5.41, 5.74) is 1.51. The summed E-state index contributed by atoms with van der Waals surface area (Å²) in [6, 6.07) is 12.4. The quantitative estimate of drug-likeness (QED) is 0.387. The van der Waals surface area contributed by atoms with Crippen molar-refractivity contribution >= 4 is 16.9 Å². The first-order valence-electron chi connectivity index (χ1n) is 11.3. The van der Waals surface area contributed by atoms with Crippen molar-refractivity contribution in [3.05, 3.63) is 77.3 Å². The number of alkyl halides is 3. The molecule has 0 spiro atoms. The van der Waals surface area contributed by atoms with Crippen LogP contribution in [0.1, 0.15) is 42.1 Å². The Balaban J connectivity index is 1.48. The molecule has 2 heterocycles. The molecule has 2 atom stereocenters. The van der Waals surface area contributed by atoms with Gasteiger partial charge in [-0.05, 0) is 48.7 Å². The van der Waals surface area contributed by atoms with Gasteiger partial charge in [-0.15, -0.1) is 0 Å². The number of rotatable bonds is 9. The Morgan fingerprint density at radius 3 is 2.66 bits per heavy atom. The number of ether oxygens (including phenoxy) is 2. The molecule has 0 radical (unpaired) electrons. The summed E-state index contributed by atoms with van der Waals surface area (Å²) in [6.07, 6.45) is -2.06. The van der Waals surface area contributed by atoms with Crippen LogP contribution in [-0.2, 0) is 27.0 Å². The number of H-pyrrole nitrogens is 1. The molecule has 0 bridgehead atoms. The summed E-state index contributed by atoms with van der Waals surface area (Å²) in [7, 11) is 0. The van der Waals surface area contributed by atoms with Gasteiger partial charge in [-0.2, -0.15) is 13.2 Å². The van der Waals surface area contributed by atoms with Crippen molar-refractivity contribution < 1.29 is 32.5 Å². The van der Waals surface area contributed by atoms with Crippen LogP contribution >= 0.6 is 0 Å². The zero-order valence-electron chi connectivity index (χ0n) is 18.8. The van der Waals surface area contributed by atoms with E-state index in [9.17, 15) is 18.0 Å². The molecule has 186 valence electrons. The van der Waals surface area contributed by atoms with Crippen molar-refractivity contribution in [1.29, 1.82) is 0 Å². The van der Waals surface area contributed by atoms with Crippen LogP contribution in [0.15, 0.2) is 60.4 Å². The number of benzene rings is 2. The Morgan fingerprint density at radius 1 is 1.17 bits per heavy atom. The van der Waals surface area contributed by atoms with Crippen molar-refractivity contribution in [3.63, 3.8) is 0 Å². The number of imidazole rings is 1. The molecule has 0 saturated carbocycles. The molecule has 1 aliphatic rings. The van der Waals surface area contributed by atoms with Crippen LogP contribution in [0.4, 0.5) is 13.2 Å². The zero-order chi connectivity index (χ0) is 24.8. The molecule has 3 N–H and O–H groups in total. The number of amides is 1. The molecule has 0 fully saturated rings. The van der Waals surface area contributed by atoms with Gasteiger partial charge in [0, 0.05) is 18.9 Å². The van der Waals surface area contributed by atoms with Gasteiger partial charge in [-0.1, -0.05) is 24.3 Å². The summed E-state index contributed by atoms with van der Waals surface area (Å²) in [5, 5.41) is 11.7. The lowest BCUT2D eigenvalue weighted by Gasteiger charge is -2.29. The smallest absolute Gasteiger partial charge is 0.416 e. The molecular formula is C25H26F3N3O4. The molecule has 1 aliphatic heterocycles. The number of unbranched alkanes of at least 4 members (excludes halogenated alkanes) is 1. The van der Waals surface area contributed by atoms with Crippen molar-refractivity contribution in [1.82, 2.24) is 15.3 Å². The van der Waals surface area contributed by atoms with Crippen molar-refractivity contribution in [2.24, 2.45) is 0 Å². The number of aromatic amines is 1. The lowest BCUT2D eigenvalue weighted by molar-refractivity contribution is -0.146. The van der Waals surface area contributed by atoms with Gasteiger partial charge in [0.05, 0.1) is 29.7 Å². The summed E-state index contributed by atoms with van der Waals surface area (Å²) in [5.74, 6) is -0.247. The molecular weight excluding hydrogens is 463 g/mol. The maximum Gasteiger partial charge on any atom is 0.416 e. The Kier molecular flexibility index (Phi) is 7.72. The minimum absolute atomic E-state index is 0.0319. The minimum Gasteiger partial charge on any atom is -0.459 e. The average Bonchev–Trinajstić information content (AvgIpc) is 3.28. The molecule has 35 heavy (non-hydrogen) atoms. The van der Waals surface area contributed by atoms with Crippen LogP contribution in [0.25, 0.3) is 11.0 Å². The number of nitrogens with one attached hydrogen (secondary N) is 2. The molecule has 7 nitrogen and oxygen atoms in total. The lowest BCUT2D eigenvalue weighted by Crippen LogP contribution is -2.33. The number of halogens is 3. The van der Waals surface area contributed by atoms with Gasteiger partial charge >= 0.3 is 6.18 Å². The van der Waals surface area contributed by atoms with Gasteiger partial charge < -0.3 is 24.9 Å². The number of carbonyl (C=O) groups excluding carboxylic acids is 1. The van der Waals surface area contributed by atoms with E-state index in [0.29, 0.717) is 37.3 Å². The molecule has 10 heteroatoms. The van der Waals surface area contributed by atoms with E-state index in [1.165, 1.54) is 12.1 Å². The SMILES string of the molecule is O=C(NCc1nc2ccccc2[nH]1)C1=C[C@@H](c2ccc(C(F)(F)F)cc2)C[C@@H](OCCCCO)O1. The first kappa shape index (κ1) is 24.7. The lowest BCUT2D eigenvalue weighted by atomic mass is 9.92. The maximum absolute atomic E-state index is 13.0. The number of allylic oxidation sites excluding steroid dienone is 1. The Bertz CT molecular complexity index is 1140. The molecule has 0 saturated heterocycles. The van der Waals surface area contributed by atoms with Crippen LogP contribution in [0.5, 0.6) is 0 Å². The third-order valence-corrected chi connectivity index (χ3v) is 5.66. The van der Waals surface area contributed by atoms with Gasteiger partial charge in [-0.3, -0.25) is 4.79 Å². The highest BCUT2D eigenvalue weighted by Gasteiger charge is 2.32. The molecule has 0 unspecified atom stereocenters. The number of carbonyl (C=O) groups is 1. The van der Waals surface area contributed by atoms with E-state index in [1.54, 1.807) is 6.08 Å². The summed E-state index contributed by atoms with van der Waals surface area (Å²) in [4.78, 5) is 20.4. The van der Waals surface area contributed by atoms with Crippen LogP contribution in [0, 0.1) is 0 Å². The van der Waals surface area contributed by atoms with E-state index in [4.69, 9.17) is 14.6 Å².